The summed E-state index contributed by atoms with van der Waals surface area (Å²) in [6.07, 6.45) is 4.24. The Hall–Kier alpha value is -1.75. The van der Waals surface area contributed by atoms with Crippen molar-refractivity contribution in [3.63, 3.8) is 0 Å². The fourth-order valence-corrected chi connectivity index (χ4v) is 2.55. The summed E-state index contributed by atoms with van der Waals surface area (Å²) in [5.41, 5.74) is 1.52. The molecule has 5 heteroatoms. The summed E-state index contributed by atoms with van der Waals surface area (Å²) in [5.74, 6) is -0.344. The molecule has 0 aliphatic rings. The van der Waals surface area contributed by atoms with E-state index in [0.717, 1.165) is 15.4 Å². The van der Waals surface area contributed by atoms with Crippen LogP contribution in [0.2, 0.25) is 0 Å². The lowest BCUT2D eigenvalue weighted by atomic mass is 10.2. The Bertz CT molecular complexity index is 537. The third-order valence-corrected chi connectivity index (χ3v) is 3.36. The fraction of sp³-hybridized carbons (Fsp3) is 0.308. The molecule has 0 amide bonds. The topological polar surface area (TPSA) is 52.1 Å². The maximum Gasteiger partial charge on any atom is 0.358 e. The van der Waals surface area contributed by atoms with E-state index in [1.54, 1.807) is 19.3 Å². The number of carbonyl (C=O) groups excluding carboxylic acids is 1. The monoisotopic (exact) mass is 262 g/mol. The van der Waals surface area contributed by atoms with Crippen LogP contribution in [0.15, 0.2) is 24.5 Å². The summed E-state index contributed by atoms with van der Waals surface area (Å²) in [6.45, 7) is 4.04. The van der Waals surface area contributed by atoms with Gasteiger partial charge in [0.25, 0.3) is 0 Å². The van der Waals surface area contributed by atoms with Gasteiger partial charge in [-0.05, 0) is 25.5 Å². The Morgan fingerprint density at radius 3 is 3.00 bits per heavy atom. The van der Waals surface area contributed by atoms with E-state index in [2.05, 4.69) is 9.97 Å². The summed E-state index contributed by atoms with van der Waals surface area (Å²) in [5, 5.41) is 0.906. The third-order valence-electron chi connectivity index (χ3n) is 2.39. The Labute approximate surface area is 110 Å². The highest BCUT2D eigenvalue weighted by molar-refractivity contribution is 7.11. The molecule has 0 radical (unpaired) electrons. The van der Waals surface area contributed by atoms with Crippen molar-refractivity contribution in [3.8, 4) is 0 Å². The van der Waals surface area contributed by atoms with Gasteiger partial charge in [0, 0.05) is 23.7 Å². The van der Waals surface area contributed by atoms with Gasteiger partial charge in [-0.1, -0.05) is 6.07 Å². The summed E-state index contributed by atoms with van der Waals surface area (Å²) >= 11 is 1.52. The molecular weight excluding hydrogens is 248 g/mol. The first-order chi connectivity index (χ1) is 8.70. The average molecular weight is 262 g/mol. The standard InChI is InChI=1S/C13H14N2O2S/c1-3-17-13(16)12-9(2)18-11(15-12)7-10-5-4-6-14-8-10/h4-6,8H,3,7H2,1-2H3. The Morgan fingerprint density at radius 1 is 1.50 bits per heavy atom. The van der Waals surface area contributed by atoms with Crippen LogP contribution in [-0.2, 0) is 11.2 Å². The smallest absolute Gasteiger partial charge is 0.358 e. The second-order valence-electron chi connectivity index (χ2n) is 3.77. The lowest BCUT2D eigenvalue weighted by Crippen LogP contribution is -2.06. The van der Waals surface area contributed by atoms with Crippen LogP contribution in [0.3, 0.4) is 0 Å². The van der Waals surface area contributed by atoms with Gasteiger partial charge in [-0.2, -0.15) is 0 Å². The quantitative estimate of drug-likeness (QED) is 0.795. The molecule has 94 valence electrons. The van der Waals surface area contributed by atoms with E-state index in [1.807, 2.05) is 19.1 Å². The van der Waals surface area contributed by atoms with Crippen LogP contribution >= 0.6 is 11.3 Å². The van der Waals surface area contributed by atoms with E-state index in [9.17, 15) is 4.79 Å². The minimum absolute atomic E-state index is 0.344. The summed E-state index contributed by atoms with van der Waals surface area (Å²) in [7, 11) is 0. The number of aryl methyl sites for hydroxylation is 1. The fourth-order valence-electron chi connectivity index (χ4n) is 1.59. The van der Waals surface area contributed by atoms with Gasteiger partial charge < -0.3 is 4.74 Å². The van der Waals surface area contributed by atoms with E-state index < -0.39 is 0 Å². The molecule has 0 aromatic carbocycles. The van der Waals surface area contributed by atoms with E-state index in [0.29, 0.717) is 18.7 Å². The van der Waals surface area contributed by atoms with E-state index in [-0.39, 0.29) is 5.97 Å². The zero-order valence-corrected chi connectivity index (χ0v) is 11.2. The van der Waals surface area contributed by atoms with Crippen molar-refractivity contribution in [2.24, 2.45) is 0 Å². The van der Waals surface area contributed by atoms with Gasteiger partial charge in [-0.15, -0.1) is 11.3 Å². The maximum absolute atomic E-state index is 11.6. The molecule has 0 saturated heterocycles. The predicted octanol–water partition coefficient (Wildman–Crippen LogP) is 2.61. The summed E-state index contributed by atoms with van der Waals surface area (Å²) in [6, 6.07) is 3.88. The number of carbonyl (C=O) groups is 1. The zero-order valence-electron chi connectivity index (χ0n) is 10.3. The Balaban J connectivity index is 2.16. The Morgan fingerprint density at radius 2 is 2.33 bits per heavy atom. The van der Waals surface area contributed by atoms with E-state index in [4.69, 9.17) is 4.74 Å². The molecule has 0 aliphatic carbocycles. The van der Waals surface area contributed by atoms with Crippen molar-refractivity contribution in [1.82, 2.24) is 9.97 Å². The van der Waals surface area contributed by atoms with E-state index >= 15 is 0 Å². The molecule has 0 spiro atoms. The zero-order chi connectivity index (χ0) is 13.0. The number of nitrogens with zero attached hydrogens (tertiary/aromatic N) is 2. The van der Waals surface area contributed by atoms with Crippen LogP contribution in [0.4, 0.5) is 0 Å². The first-order valence-corrected chi connectivity index (χ1v) is 6.54. The molecule has 0 unspecified atom stereocenters. The number of ether oxygens (including phenoxy) is 1. The first kappa shape index (κ1) is 12.7. The van der Waals surface area contributed by atoms with Crippen molar-refractivity contribution in [1.29, 1.82) is 0 Å². The molecule has 2 rings (SSSR count). The largest absolute Gasteiger partial charge is 0.461 e. The van der Waals surface area contributed by atoms with Crippen LogP contribution < -0.4 is 0 Å². The van der Waals surface area contributed by atoms with Crippen molar-refractivity contribution in [3.05, 3.63) is 45.7 Å². The van der Waals surface area contributed by atoms with Gasteiger partial charge in [-0.3, -0.25) is 4.98 Å². The molecule has 4 nitrogen and oxygen atoms in total. The predicted molar refractivity (Wildman–Crippen MR) is 69.9 cm³/mol. The first-order valence-electron chi connectivity index (χ1n) is 5.73. The molecule has 0 N–H and O–H groups in total. The highest BCUT2D eigenvalue weighted by atomic mass is 32.1. The number of thiazole rings is 1. The average Bonchev–Trinajstić information content (AvgIpc) is 2.72. The van der Waals surface area contributed by atoms with Crippen molar-refractivity contribution in [2.45, 2.75) is 20.3 Å². The highest BCUT2D eigenvalue weighted by Crippen LogP contribution is 2.20. The molecule has 2 aromatic rings. The molecule has 0 saturated carbocycles. The molecule has 0 atom stereocenters. The number of esters is 1. The van der Waals surface area contributed by atoms with Gasteiger partial charge in [0.1, 0.15) is 0 Å². The lowest BCUT2D eigenvalue weighted by molar-refractivity contribution is 0.0519. The SMILES string of the molecule is CCOC(=O)c1nc(Cc2cccnc2)sc1C. The van der Waals surface area contributed by atoms with Gasteiger partial charge >= 0.3 is 5.97 Å². The molecule has 0 fully saturated rings. The molecule has 2 heterocycles. The number of rotatable bonds is 4. The molecule has 2 aromatic heterocycles. The van der Waals surface area contributed by atoms with Crippen LogP contribution in [0, 0.1) is 6.92 Å². The number of aromatic nitrogens is 2. The Kier molecular flexibility index (Phi) is 4.04. The van der Waals surface area contributed by atoms with Gasteiger partial charge in [0.15, 0.2) is 5.69 Å². The second-order valence-corrected chi connectivity index (χ2v) is 5.06. The van der Waals surface area contributed by atoms with Crippen LogP contribution in [0.25, 0.3) is 0 Å². The maximum atomic E-state index is 11.6. The minimum atomic E-state index is -0.344. The molecule has 0 bridgehead atoms. The number of hydrogen-bond donors (Lipinski definition) is 0. The summed E-state index contributed by atoms with van der Waals surface area (Å²) < 4.78 is 4.97. The molecule has 0 aliphatic heterocycles. The number of pyridine rings is 1. The normalized spacial score (nSPS) is 10.3. The third kappa shape index (κ3) is 2.92. The van der Waals surface area contributed by atoms with Crippen molar-refractivity contribution < 1.29 is 9.53 Å². The molecule has 18 heavy (non-hydrogen) atoms. The molecular formula is C13H14N2O2S. The van der Waals surface area contributed by atoms with Crippen molar-refractivity contribution >= 4 is 17.3 Å². The van der Waals surface area contributed by atoms with Crippen molar-refractivity contribution in [2.75, 3.05) is 6.61 Å². The van der Waals surface area contributed by atoms with Crippen LogP contribution in [0.1, 0.15) is 32.9 Å². The van der Waals surface area contributed by atoms with Gasteiger partial charge in [-0.25, -0.2) is 9.78 Å². The van der Waals surface area contributed by atoms with Gasteiger partial charge in [0.05, 0.1) is 11.6 Å². The second kappa shape index (κ2) is 5.73. The van der Waals surface area contributed by atoms with E-state index in [1.165, 1.54) is 11.3 Å². The highest BCUT2D eigenvalue weighted by Gasteiger charge is 2.16. The lowest BCUT2D eigenvalue weighted by Gasteiger charge is -1.98. The van der Waals surface area contributed by atoms with Crippen LogP contribution in [-0.4, -0.2) is 22.5 Å². The van der Waals surface area contributed by atoms with Crippen LogP contribution in [0.5, 0.6) is 0 Å². The number of hydrogen-bond acceptors (Lipinski definition) is 5. The minimum Gasteiger partial charge on any atom is -0.461 e. The van der Waals surface area contributed by atoms with Gasteiger partial charge in [0.2, 0.25) is 0 Å². The summed E-state index contributed by atoms with van der Waals surface area (Å²) in [4.78, 5) is 20.9.